The Balaban J connectivity index is 2.22. The summed E-state index contributed by atoms with van der Waals surface area (Å²) >= 11 is 15.5. The fourth-order valence-corrected chi connectivity index (χ4v) is 2.85. The summed E-state index contributed by atoms with van der Waals surface area (Å²) in [5.74, 6) is 0.341. The van der Waals surface area contributed by atoms with Crippen LogP contribution in [0.3, 0.4) is 0 Å². The van der Waals surface area contributed by atoms with Gasteiger partial charge < -0.3 is 4.74 Å². The molecule has 0 unspecified atom stereocenters. The molecule has 2 aromatic carbocycles. The molecule has 0 spiro atoms. The van der Waals surface area contributed by atoms with Gasteiger partial charge in [0.05, 0.1) is 5.02 Å². The minimum Gasteiger partial charge on any atom is -0.487 e. The normalized spacial score (nSPS) is 10.7. The Kier molecular flexibility index (Phi) is 5.30. The molecule has 0 bridgehead atoms. The maximum absolute atomic E-state index is 13.1. The van der Waals surface area contributed by atoms with Crippen LogP contribution in [0.4, 0.5) is 4.39 Å². The van der Waals surface area contributed by atoms with E-state index in [9.17, 15) is 4.39 Å². The number of hydrogen-bond donors (Lipinski definition) is 0. The number of alkyl halides is 1. The van der Waals surface area contributed by atoms with Gasteiger partial charge in [-0.05, 0) is 42.3 Å². The van der Waals surface area contributed by atoms with Gasteiger partial charge in [-0.15, -0.1) is 0 Å². The van der Waals surface area contributed by atoms with E-state index in [1.165, 1.54) is 12.1 Å². The Morgan fingerprint density at radius 3 is 2.55 bits per heavy atom. The third kappa shape index (κ3) is 3.66. The average molecular weight is 378 g/mol. The van der Waals surface area contributed by atoms with Crippen LogP contribution in [0.1, 0.15) is 16.7 Å². The molecule has 2 aromatic rings. The molecular formula is C15H12BrCl2FO. The Labute approximate surface area is 135 Å². The molecule has 0 aliphatic heterocycles. The van der Waals surface area contributed by atoms with Crippen LogP contribution in [0, 0.1) is 12.7 Å². The fourth-order valence-electron chi connectivity index (χ4n) is 1.85. The number of aryl methyl sites for hydroxylation is 1. The third-order valence-electron chi connectivity index (χ3n) is 2.91. The second-order valence-electron chi connectivity index (χ2n) is 4.37. The number of halogens is 4. The van der Waals surface area contributed by atoms with Crippen molar-refractivity contribution in [3.8, 4) is 5.75 Å². The Morgan fingerprint density at radius 1 is 1.15 bits per heavy atom. The van der Waals surface area contributed by atoms with Crippen molar-refractivity contribution in [1.29, 1.82) is 0 Å². The zero-order valence-electron chi connectivity index (χ0n) is 10.7. The van der Waals surface area contributed by atoms with E-state index in [2.05, 4.69) is 15.9 Å². The van der Waals surface area contributed by atoms with Crippen LogP contribution in [0.5, 0.6) is 5.75 Å². The molecule has 106 valence electrons. The largest absolute Gasteiger partial charge is 0.487 e. The van der Waals surface area contributed by atoms with Crippen LogP contribution in [0.15, 0.2) is 30.3 Å². The van der Waals surface area contributed by atoms with Gasteiger partial charge in [-0.1, -0.05) is 45.2 Å². The molecule has 0 atom stereocenters. The standard InChI is InChI=1S/C15H12BrCl2FO/c1-9-4-13(19)3-2-10(9)8-20-15-11(7-16)5-12(17)6-14(15)18/h2-6H,7-8H2,1H3. The highest BCUT2D eigenvalue weighted by molar-refractivity contribution is 9.08. The highest BCUT2D eigenvalue weighted by Gasteiger charge is 2.11. The van der Waals surface area contributed by atoms with Crippen molar-refractivity contribution in [1.82, 2.24) is 0 Å². The summed E-state index contributed by atoms with van der Waals surface area (Å²) in [4.78, 5) is 0. The van der Waals surface area contributed by atoms with Crippen LogP contribution in [0.25, 0.3) is 0 Å². The lowest BCUT2D eigenvalue weighted by Gasteiger charge is -2.13. The van der Waals surface area contributed by atoms with Crippen LogP contribution in [0.2, 0.25) is 10.0 Å². The second kappa shape index (κ2) is 6.79. The van der Waals surface area contributed by atoms with Crippen molar-refractivity contribution in [2.75, 3.05) is 0 Å². The van der Waals surface area contributed by atoms with Crippen LogP contribution < -0.4 is 4.74 Å². The molecule has 5 heteroatoms. The van der Waals surface area contributed by atoms with Gasteiger partial charge in [-0.25, -0.2) is 4.39 Å². The molecule has 0 saturated carbocycles. The molecule has 1 nitrogen and oxygen atoms in total. The van der Waals surface area contributed by atoms with Gasteiger partial charge in [-0.3, -0.25) is 0 Å². The summed E-state index contributed by atoms with van der Waals surface area (Å²) in [6.07, 6.45) is 0. The molecule has 0 aliphatic rings. The SMILES string of the molecule is Cc1cc(F)ccc1COc1c(Cl)cc(Cl)cc1CBr. The summed E-state index contributed by atoms with van der Waals surface area (Å²) in [6.45, 7) is 2.17. The average Bonchev–Trinajstić information content (AvgIpc) is 2.38. The fraction of sp³-hybridized carbons (Fsp3) is 0.200. The lowest BCUT2D eigenvalue weighted by Crippen LogP contribution is -2.01. The highest BCUT2D eigenvalue weighted by atomic mass is 79.9. The number of hydrogen-bond acceptors (Lipinski definition) is 1. The maximum atomic E-state index is 13.1. The molecule has 0 aliphatic carbocycles. The third-order valence-corrected chi connectivity index (χ3v) is 4.01. The van der Waals surface area contributed by atoms with Crippen molar-refractivity contribution in [3.05, 3.63) is 62.9 Å². The topological polar surface area (TPSA) is 9.23 Å². The first-order valence-electron chi connectivity index (χ1n) is 5.93. The van der Waals surface area contributed by atoms with E-state index in [0.717, 1.165) is 16.7 Å². The summed E-state index contributed by atoms with van der Waals surface area (Å²) in [6, 6.07) is 8.05. The first-order chi connectivity index (χ1) is 9.51. The summed E-state index contributed by atoms with van der Waals surface area (Å²) in [7, 11) is 0. The number of rotatable bonds is 4. The van der Waals surface area contributed by atoms with E-state index in [1.54, 1.807) is 18.2 Å². The van der Waals surface area contributed by atoms with Gasteiger partial charge in [0.15, 0.2) is 0 Å². The molecule has 2 rings (SSSR count). The minimum absolute atomic E-state index is 0.253. The molecule has 0 aromatic heterocycles. The van der Waals surface area contributed by atoms with Gasteiger partial charge in [0, 0.05) is 15.9 Å². The first kappa shape index (κ1) is 15.6. The van der Waals surface area contributed by atoms with Gasteiger partial charge in [0.2, 0.25) is 0 Å². The molecule has 0 fully saturated rings. The van der Waals surface area contributed by atoms with Crippen molar-refractivity contribution >= 4 is 39.1 Å². The lowest BCUT2D eigenvalue weighted by atomic mass is 10.1. The van der Waals surface area contributed by atoms with Gasteiger partial charge in [0.1, 0.15) is 18.2 Å². The van der Waals surface area contributed by atoms with E-state index >= 15 is 0 Å². The first-order valence-corrected chi connectivity index (χ1v) is 7.80. The smallest absolute Gasteiger partial charge is 0.142 e. The molecule has 0 radical (unpaired) electrons. The Morgan fingerprint density at radius 2 is 1.90 bits per heavy atom. The van der Waals surface area contributed by atoms with E-state index in [-0.39, 0.29) is 5.82 Å². The van der Waals surface area contributed by atoms with Gasteiger partial charge >= 0.3 is 0 Å². The maximum Gasteiger partial charge on any atom is 0.142 e. The van der Waals surface area contributed by atoms with Crippen LogP contribution in [-0.2, 0) is 11.9 Å². The van der Waals surface area contributed by atoms with E-state index in [4.69, 9.17) is 27.9 Å². The molecular weight excluding hydrogens is 366 g/mol. The minimum atomic E-state index is -0.253. The Bertz CT molecular complexity index is 632. The number of benzene rings is 2. The summed E-state index contributed by atoms with van der Waals surface area (Å²) in [5.41, 5.74) is 2.63. The Hall–Kier alpha value is -0.770. The van der Waals surface area contributed by atoms with Crippen molar-refractivity contribution in [2.45, 2.75) is 18.9 Å². The van der Waals surface area contributed by atoms with Crippen molar-refractivity contribution < 1.29 is 9.13 Å². The number of ether oxygens (including phenoxy) is 1. The summed E-state index contributed by atoms with van der Waals surface area (Å²) < 4.78 is 18.8. The molecule has 0 heterocycles. The molecule has 0 N–H and O–H groups in total. The lowest BCUT2D eigenvalue weighted by molar-refractivity contribution is 0.303. The van der Waals surface area contributed by atoms with Gasteiger partial charge in [-0.2, -0.15) is 0 Å². The predicted molar refractivity (Wildman–Crippen MR) is 84.6 cm³/mol. The zero-order chi connectivity index (χ0) is 14.7. The van der Waals surface area contributed by atoms with E-state index in [0.29, 0.717) is 27.7 Å². The second-order valence-corrected chi connectivity index (χ2v) is 5.77. The zero-order valence-corrected chi connectivity index (χ0v) is 13.8. The van der Waals surface area contributed by atoms with Crippen LogP contribution >= 0.6 is 39.1 Å². The van der Waals surface area contributed by atoms with Gasteiger partial charge in [0.25, 0.3) is 0 Å². The molecule has 20 heavy (non-hydrogen) atoms. The highest BCUT2D eigenvalue weighted by Crippen LogP contribution is 2.34. The molecule has 0 saturated heterocycles. The predicted octanol–water partition coefficient (Wildman–Crippen LogP) is 5.91. The van der Waals surface area contributed by atoms with Crippen LogP contribution in [-0.4, -0.2) is 0 Å². The summed E-state index contributed by atoms with van der Waals surface area (Å²) in [5, 5.41) is 1.62. The quantitative estimate of drug-likeness (QED) is 0.601. The monoisotopic (exact) mass is 376 g/mol. The van der Waals surface area contributed by atoms with Crippen molar-refractivity contribution in [3.63, 3.8) is 0 Å². The van der Waals surface area contributed by atoms with E-state index in [1.807, 2.05) is 6.92 Å². The van der Waals surface area contributed by atoms with Crippen molar-refractivity contribution in [2.24, 2.45) is 0 Å². The van der Waals surface area contributed by atoms with E-state index < -0.39 is 0 Å². The molecule has 0 amide bonds.